The molecule has 0 radical (unpaired) electrons. The summed E-state index contributed by atoms with van der Waals surface area (Å²) in [5, 5.41) is 7.34. The largest absolute Gasteiger partial charge is 0.315 e. The minimum absolute atomic E-state index is 0.234. The highest BCUT2D eigenvalue weighted by Crippen LogP contribution is 2.18. The van der Waals surface area contributed by atoms with Gasteiger partial charge < -0.3 is 10.2 Å². The molecule has 0 amide bonds. The summed E-state index contributed by atoms with van der Waals surface area (Å²) in [5.41, 5.74) is 0. The predicted molar refractivity (Wildman–Crippen MR) is 81.6 cm³/mol. The minimum Gasteiger partial charge on any atom is -0.315 e. The summed E-state index contributed by atoms with van der Waals surface area (Å²) in [6.07, 6.45) is 3.07. The molecule has 1 N–H and O–H groups in total. The molecule has 2 rings (SSSR count). The topological polar surface area (TPSA) is 70.5 Å². The summed E-state index contributed by atoms with van der Waals surface area (Å²) in [7, 11) is -1.40. The number of rotatable bonds is 6. The van der Waals surface area contributed by atoms with Gasteiger partial charge in [0.05, 0.1) is 12.7 Å². The minimum atomic E-state index is -3.43. The van der Waals surface area contributed by atoms with Gasteiger partial charge in [-0.25, -0.2) is 8.42 Å². The van der Waals surface area contributed by atoms with Crippen molar-refractivity contribution >= 4 is 10.0 Å². The number of nitrogens with one attached hydrogen (secondary N) is 1. The van der Waals surface area contributed by atoms with Crippen molar-refractivity contribution in [1.29, 1.82) is 0 Å². The van der Waals surface area contributed by atoms with Crippen LogP contribution in [0.4, 0.5) is 0 Å². The Morgan fingerprint density at radius 2 is 2.19 bits per heavy atom. The molecule has 1 fully saturated rings. The lowest BCUT2D eigenvalue weighted by molar-refractivity contribution is 0.159. The molecule has 7 nitrogen and oxygen atoms in total. The van der Waals surface area contributed by atoms with Gasteiger partial charge in [0, 0.05) is 38.4 Å². The van der Waals surface area contributed by atoms with E-state index in [9.17, 15) is 8.42 Å². The van der Waals surface area contributed by atoms with Crippen molar-refractivity contribution in [1.82, 2.24) is 24.3 Å². The molecule has 8 heteroatoms. The van der Waals surface area contributed by atoms with Crippen LogP contribution in [0.25, 0.3) is 0 Å². The lowest BCUT2D eigenvalue weighted by atomic mass is 10.2. The molecule has 1 saturated heterocycles. The molecule has 21 heavy (non-hydrogen) atoms. The first-order chi connectivity index (χ1) is 9.95. The fourth-order valence-corrected chi connectivity index (χ4v) is 3.82. The van der Waals surface area contributed by atoms with Crippen LogP contribution in [0.1, 0.15) is 13.8 Å². The molecule has 0 saturated carbocycles. The second-order valence-electron chi connectivity index (χ2n) is 5.49. The zero-order valence-corrected chi connectivity index (χ0v) is 13.8. The molecule has 1 unspecified atom stereocenters. The van der Waals surface area contributed by atoms with Crippen LogP contribution in [0.2, 0.25) is 0 Å². The Hall–Kier alpha value is -0.960. The third kappa shape index (κ3) is 3.82. The Morgan fingerprint density at radius 1 is 1.43 bits per heavy atom. The first kappa shape index (κ1) is 16.4. The van der Waals surface area contributed by atoms with E-state index in [0.29, 0.717) is 19.6 Å². The number of nitrogens with zero attached hydrogens (tertiary/aromatic N) is 4. The van der Waals surface area contributed by atoms with Crippen LogP contribution in [-0.2, 0) is 16.6 Å². The molecule has 2 heterocycles. The normalized spacial score (nSPS) is 21.8. The summed E-state index contributed by atoms with van der Waals surface area (Å²) >= 11 is 0. The molecule has 1 aliphatic heterocycles. The molecule has 0 aromatic carbocycles. The van der Waals surface area contributed by atoms with E-state index < -0.39 is 10.0 Å². The van der Waals surface area contributed by atoms with Gasteiger partial charge in [0.2, 0.25) is 10.0 Å². The molecule has 0 bridgehead atoms. The number of sulfonamides is 1. The summed E-state index contributed by atoms with van der Waals surface area (Å²) in [6, 6.07) is 0.234. The van der Waals surface area contributed by atoms with Gasteiger partial charge in [0.1, 0.15) is 4.90 Å². The summed E-state index contributed by atoms with van der Waals surface area (Å²) in [6.45, 7) is 8.24. The van der Waals surface area contributed by atoms with E-state index in [1.807, 2.05) is 20.9 Å². The van der Waals surface area contributed by atoms with Gasteiger partial charge in [-0.1, -0.05) is 6.92 Å². The van der Waals surface area contributed by atoms with Gasteiger partial charge >= 0.3 is 0 Å². The van der Waals surface area contributed by atoms with Crippen molar-refractivity contribution in [3.05, 3.63) is 12.4 Å². The van der Waals surface area contributed by atoms with Gasteiger partial charge in [-0.05, 0) is 20.5 Å². The fourth-order valence-electron chi connectivity index (χ4n) is 2.35. The van der Waals surface area contributed by atoms with E-state index in [1.165, 1.54) is 6.20 Å². The van der Waals surface area contributed by atoms with Crippen molar-refractivity contribution < 1.29 is 8.42 Å². The zero-order chi connectivity index (χ0) is 15.5. The maximum atomic E-state index is 12.6. The first-order valence-electron chi connectivity index (χ1n) is 7.38. The Kier molecular flexibility index (Phi) is 5.37. The van der Waals surface area contributed by atoms with E-state index in [4.69, 9.17) is 0 Å². The summed E-state index contributed by atoms with van der Waals surface area (Å²) < 4.78 is 28.5. The van der Waals surface area contributed by atoms with Crippen LogP contribution in [0.3, 0.4) is 0 Å². The van der Waals surface area contributed by atoms with E-state index >= 15 is 0 Å². The quantitative estimate of drug-likeness (QED) is 0.737. The van der Waals surface area contributed by atoms with Gasteiger partial charge in [0.25, 0.3) is 0 Å². The van der Waals surface area contributed by atoms with Crippen molar-refractivity contribution in [3.63, 3.8) is 0 Å². The Bertz CT molecular complexity index is 557. The van der Waals surface area contributed by atoms with Crippen LogP contribution >= 0.6 is 0 Å². The molecular formula is C13H25N5O2S. The van der Waals surface area contributed by atoms with E-state index in [1.54, 1.807) is 15.2 Å². The van der Waals surface area contributed by atoms with Crippen molar-refractivity contribution in [3.8, 4) is 0 Å². The maximum absolute atomic E-state index is 12.6. The van der Waals surface area contributed by atoms with E-state index in [2.05, 4.69) is 15.3 Å². The molecule has 0 aliphatic carbocycles. The van der Waals surface area contributed by atoms with E-state index in [-0.39, 0.29) is 10.9 Å². The number of hydrogen-bond acceptors (Lipinski definition) is 5. The molecule has 1 aliphatic rings. The van der Waals surface area contributed by atoms with Crippen molar-refractivity contribution in [2.75, 3.05) is 39.8 Å². The highest BCUT2D eigenvalue weighted by molar-refractivity contribution is 7.89. The van der Waals surface area contributed by atoms with Gasteiger partial charge in [-0.15, -0.1) is 0 Å². The van der Waals surface area contributed by atoms with Crippen LogP contribution in [0.5, 0.6) is 0 Å². The Morgan fingerprint density at radius 3 is 2.86 bits per heavy atom. The lowest BCUT2D eigenvalue weighted by Gasteiger charge is -2.36. The molecule has 1 aromatic rings. The highest BCUT2D eigenvalue weighted by atomic mass is 32.2. The van der Waals surface area contributed by atoms with Gasteiger partial charge in [0.15, 0.2) is 0 Å². The molecular weight excluding hydrogens is 290 g/mol. The Balaban J connectivity index is 2.06. The SMILES string of the molecule is CCNCCn1cc(S(=O)(=O)N2CCN(C)C(C)C2)cn1. The average molecular weight is 315 g/mol. The second kappa shape index (κ2) is 6.87. The van der Waals surface area contributed by atoms with Crippen molar-refractivity contribution in [2.45, 2.75) is 31.3 Å². The fraction of sp³-hybridized carbons (Fsp3) is 0.769. The van der Waals surface area contributed by atoms with Gasteiger partial charge in [-0.3, -0.25) is 4.68 Å². The van der Waals surface area contributed by atoms with Crippen LogP contribution in [-0.4, -0.2) is 73.2 Å². The van der Waals surface area contributed by atoms with Crippen LogP contribution in [0.15, 0.2) is 17.3 Å². The predicted octanol–water partition coefficient (Wildman–Crippen LogP) is -0.183. The third-order valence-corrected chi connectivity index (χ3v) is 5.76. The van der Waals surface area contributed by atoms with Crippen molar-refractivity contribution in [2.24, 2.45) is 0 Å². The van der Waals surface area contributed by atoms with Crippen LogP contribution < -0.4 is 5.32 Å². The molecule has 1 aromatic heterocycles. The van der Waals surface area contributed by atoms with E-state index in [0.717, 1.165) is 19.6 Å². The average Bonchev–Trinajstić information content (AvgIpc) is 2.91. The monoisotopic (exact) mass is 315 g/mol. The zero-order valence-electron chi connectivity index (χ0n) is 13.0. The summed E-state index contributed by atoms with van der Waals surface area (Å²) in [4.78, 5) is 2.46. The summed E-state index contributed by atoms with van der Waals surface area (Å²) in [5.74, 6) is 0. The smallest absolute Gasteiger partial charge is 0.246 e. The molecule has 120 valence electrons. The second-order valence-corrected chi connectivity index (χ2v) is 7.42. The molecule has 1 atom stereocenters. The lowest BCUT2D eigenvalue weighted by Crippen LogP contribution is -2.51. The molecule has 0 spiro atoms. The third-order valence-electron chi connectivity index (χ3n) is 3.94. The number of aromatic nitrogens is 2. The number of likely N-dealkylation sites (N-methyl/N-ethyl adjacent to an activating group) is 2. The van der Waals surface area contributed by atoms with Gasteiger partial charge in [-0.2, -0.15) is 9.40 Å². The Labute approximate surface area is 127 Å². The highest BCUT2D eigenvalue weighted by Gasteiger charge is 2.31. The maximum Gasteiger partial charge on any atom is 0.246 e. The first-order valence-corrected chi connectivity index (χ1v) is 8.82. The number of piperazine rings is 1. The number of hydrogen-bond donors (Lipinski definition) is 1. The standard InChI is InChI=1S/C13H25N5O2S/c1-4-14-5-6-17-11-13(9-15-17)21(19,20)18-8-7-16(3)12(2)10-18/h9,11-12,14H,4-8,10H2,1-3H3. The van der Waals surface area contributed by atoms with Crippen LogP contribution in [0, 0.1) is 0 Å².